The van der Waals surface area contributed by atoms with Crippen molar-refractivity contribution < 1.29 is 4.79 Å². The van der Waals surface area contributed by atoms with Gasteiger partial charge in [-0.3, -0.25) is 4.79 Å². The molecule has 0 radical (unpaired) electrons. The van der Waals surface area contributed by atoms with Crippen LogP contribution in [0.25, 0.3) is 0 Å². The number of pyridine rings is 1. The smallest absolute Gasteiger partial charge is 0.230 e. The molecule has 0 aromatic carbocycles. The molecule has 2 atom stereocenters. The zero-order valence-electron chi connectivity index (χ0n) is 12.4. The van der Waals surface area contributed by atoms with E-state index in [1.54, 1.807) is 6.20 Å². The molecule has 3 nitrogen and oxygen atoms in total. The molecule has 4 aliphatic carbocycles. The fraction of sp³-hybridized carbons (Fsp3) is 0.647. The Bertz CT molecular complexity index is 586. The number of carbonyl (C=O) groups is 1. The van der Waals surface area contributed by atoms with Gasteiger partial charge in [-0.2, -0.15) is 0 Å². The maximum absolute atomic E-state index is 13.0. The van der Waals surface area contributed by atoms with Crippen molar-refractivity contribution >= 4 is 27.5 Å². The lowest BCUT2D eigenvalue weighted by molar-refractivity contribution is -0.149. The van der Waals surface area contributed by atoms with Gasteiger partial charge in [-0.1, -0.05) is 6.92 Å². The van der Waals surface area contributed by atoms with Gasteiger partial charge in [-0.25, -0.2) is 4.98 Å². The Morgan fingerprint density at radius 1 is 1.33 bits per heavy atom. The van der Waals surface area contributed by atoms with E-state index in [2.05, 4.69) is 33.2 Å². The van der Waals surface area contributed by atoms with Gasteiger partial charge >= 0.3 is 0 Å². The van der Waals surface area contributed by atoms with E-state index >= 15 is 0 Å². The molecule has 0 aliphatic heterocycles. The second-order valence-corrected chi connectivity index (χ2v) is 8.60. The van der Waals surface area contributed by atoms with Crippen molar-refractivity contribution in [1.29, 1.82) is 0 Å². The van der Waals surface area contributed by atoms with Gasteiger partial charge in [-0.05, 0) is 83.8 Å². The van der Waals surface area contributed by atoms with Gasteiger partial charge in [-0.15, -0.1) is 0 Å². The third kappa shape index (κ3) is 2.23. The first-order valence-corrected chi connectivity index (χ1v) is 8.69. The third-order valence-electron chi connectivity index (χ3n) is 5.84. The molecule has 4 fully saturated rings. The number of aromatic nitrogens is 1. The molecule has 0 spiro atoms. The second-order valence-electron chi connectivity index (χ2n) is 7.85. The standard InChI is InChI=1S/C17H21BrN2O/c1-16-6-11-5-12(7-16)9-17(8-11,10-16)15(21)20-13-3-2-4-19-14(13)18/h2-4,11-12H,5-10H2,1H3,(H,20,21). The van der Waals surface area contributed by atoms with Crippen molar-refractivity contribution in [2.45, 2.75) is 45.4 Å². The highest BCUT2D eigenvalue weighted by molar-refractivity contribution is 9.10. The molecule has 5 rings (SSSR count). The Hall–Kier alpha value is -0.900. The summed E-state index contributed by atoms with van der Waals surface area (Å²) in [6.45, 7) is 2.40. The van der Waals surface area contributed by atoms with Gasteiger partial charge in [0, 0.05) is 6.20 Å². The van der Waals surface area contributed by atoms with Crippen LogP contribution in [0.3, 0.4) is 0 Å². The summed E-state index contributed by atoms with van der Waals surface area (Å²) in [6, 6.07) is 3.78. The van der Waals surface area contributed by atoms with Crippen molar-refractivity contribution in [2.75, 3.05) is 5.32 Å². The van der Waals surface area contributed by atoms with E-state index in [-0.39, 0.29) is 11.3 Å². The van der Waals surface area contributed by atoms with E-state index in [0.29, 0.717) is 10.0 Å². The molecule has 1 aromatic heterocycles. The summed E-state index contributed by atoms with van der Waals surface area (Å²) in [5.41, 5.74) is 1.06. The van der Waals surface area contributed by atoms with Gasteiger partial charge in [0.2, 0.25) is 5.91 Å². The van der Waals surface area contributed by atoms with E-state index in [0.717, 1.165) is 36.8 Å². The largest absolute Gasteiger partial charge is 0.323 e. The quantitative estimate of drug-likeness (QED) is 0.805. The Morgan fingerprint density at radius 2 is 2.05 bits per heavy atom. The van der Waals surface area contributed by atoms with Crippen LogP contribution in [0.1, 0.15) is 45.4 Å². The number of hydrogen-bond donors (Lipinski definition) is 1. The average Bonchev–Trinajstić information content (AvgIpc) is 2.38. The van der Waals surface area contributed by atoms with Crippen LogP contribution < -0.4 is 5.32 Å². The van der Waals surface area contributed by atoms with Crippen molar-refractivity contribution in [3.63, 3.8) is 0 Å². The Kier molecular flexibility index (Phi) is 2.97. The molecule has 112 valence electrons. The van der Waals surface area contributed by atoms with E-state index < -0.39 is 0 Å². The molecule has 4 aliphatic rings. The first-order valence-electron chi connectivity index (χ1n) is 7.90. The molecule has 4 heteroatoms. The van der Waals surface area contributed by atoms with Crippen LogP contribution in [-0.4, -0.2) is 10.9 Å². The zero-order chi connectivity index (χ0) is 14.7. The highest BCUT2D eigenvalue weighted by Crippen LogP contribution is 2.65. The zero-order valence-corrected chi connectivity index (χ0v) is 13.9. The number of rotatable bonds is 2. The number of amides is 1. The monoisotopic (exact) mass is 348 g/mol. The average molecular weight is 349 g/mol. The lowest BCUT2D eigenvalue weighted by atomic mass is 9.44. The second kappa shape index (κ2) is 4.55. The maximum atomic E-state index is 13.0. The van der Waals surface area contributed by atoms with Crippen molar-refractivity contribution in [3.8, 4) is 0 Å². The summed E-state index contributed by atoms with van der Waals surface area (Å²) in [5, 5.41) is 3.14. The van der Waals surface area contributed by atoms with Crippen molar-refractivity contribution in [1.82, 2.24) is 4.98 Å². The lowest BCUT2D eigenvalue weighted by Crippen LogP contribution is -2.55. The predicted octanol–water partition coefficient (Wildman–Crippen LogP) is 4.39. The SMILES string of the molecule is CC12CC3CC(C1)CC(C(=O)Nc1cccnc1Br)(C3)C2. The molecular weight excluding hydrogens is 328 g/mol. The summed E-state index contributed by atoms with van der Waals surface area (Å²) < 4.78 is 0.717. The number of anilines is 1. The van der Waals surface area contributed by atoms with Gasteiger partial charge in [0.1, 0.15) is 4.60 Å². The first-order chi connectivity index (χ1) is 9.98. The third-order valence-corrected chi connectivity index (χ3v) is 6.47. The number of carbonyl (C=O) groups excluding carboxylic acids is 1. The van der Waals surface area contributed by atoms with Crippen LogP contribution in [0.4, 0.5) is 5.69 Å². The molecule has 1 aromatic rings. The maximum Gasteiger partial charge on any atom is 0.230 e. The summed E-state index contributed by atoms with van der Waals surface area (Å²) in [7, 11) is 0. The Morgan fingerprint density at radius 3 is 2.67 bits per heavy atom. The Balaban J connectivity index is 1.61. The summed E-state index contributed by atoms with van der Waals surface area (Å²) in [5.74, 6) is 1.75. The highest BCUT2D eigenvalue weighted by Gasteiger charge is 2.58. The van der Waals surface area contributed by atoms with Crippen LogP contribution in [0.2, 0.25) is 0 Å². The predicted molar refractivity (Wildman–Crippen MR) is 85.8 cm³/mol. The molecule has 1 N–H and O–H groups in total. The molecule has 1 amide bonds. The molecule has 1 heterocycles. The van der Waals surface area contributed by atoms with Crippen LogP contribution >= 0.6 is 15.9 Å². The normalized spacial score (nSPS) is 40.3. The van der Waals surface area contributed by atoms with Crippen LogP contribution in [0.5, 0.6) is 0 Å². The Labute approximate surface area is 134 Å². The summed E-state index contributed by atoms with van der Waals surface area (Å²) in [4.78, 5) is 17.2. The summed E-state index contributed by atoms with van der Waals surface area (Å²) >= 11 is 3.42. The lowest BCUT2D eigenvalue weighted by Gasteiger charge is -2.60. The van der Waals surface area contributed by atoms with Gasteiger partial charge in [0.15, 0.2) is 0 Å². The summed E-state index contributed by atoms with van der Waals surface area (Å²) in [6.07, 6.45) is 8.97. The fourth-order valence-electron chi connectivity index (χ4n) is 5.72. The van der Waals surface area contributed by atoms with Crippen LogP contribution in [-0.2, 0) is 4.79 Å². The van der Waals surface area contributed by atoms with Crippen molar-refractivity contribution in [3.05, 3.63) is 22.9 Å². The van der Waals surface area contributed by atoms with E-state index in [4.69, 9.17) is 0 Å². The van der Waals surface area contributed by atoms with Gasteiger partial charge in [0.25, 0.3) is 0 Å². The van der Waals surface area contributed by atoms with E-state index in [1.807, 2.05) is 12.1 Å². The minimum Gasteiger partial charge on any atom is -0.323 e. The fourth-order valence-corrected chi connectivity index (χ4v) is 6.07. The number of hydrogen-bond acceptors (Lipinski definition) is 2. The van der Waals surface area contributed by atoms with E-state index in [9.17, 15) is 4.79 Å². The molecule has 4 bridgehead atoms. The van der Waals surface area contributed by atoms with Crippen LogP contribution in [0.15, 0.2) is 22.9 Å². The van der Waals surface area contributed by atoms with Crippen molar-refractivity contribution in [2.24, 2.45) is 22.7 Å². The molecule has 2 unspecified atom stereocenters. The molecule has 4 saturated carbocycles. The number of nitrogens with one attached hydrogen (secondary N) is 1. The topological polar surface area (TPSA) is 42.0 Å². The minimum atomic E-state index is -0.131. The number of halogens is 1. The van der Waals surface area contributed by atoms with Gasteiger partial charge < -0.3 is 5.32 Å². The molecular formula is C17H21BrN2O. The van der Waals surface area contributed by atoms with Gasteiger partial charge in [0.05, 0.1) is 11.1 Å². The number of nitrogens with zero attached hydrogens (tertiary/aromatic N) is 1. The highest BCUT2D eigenvalue weighted by atomic mass is 79.9. The molecule has 21 heavy (non-hydrogen) atoms. The first kappa shape index (κ1) is 13.7. The minimum absolute atomic E-state index is 0.131. The molecule has 0 saturated heterocycles. The van der Waals surface area contributed by atoms with Crippen LogP contribution in [0, 0.1) is 22.7 Å². The van der Waals surface area contributed by atoms with E-state index in [1.165, 1.54) is 19.3 Å².